The normalized spacial score (nSPS) is 11.4. The van der Waals surface area contributed by atoms with E-state index < -0.39 is 9.84 Å². The molecule has 0 fully saturated rings. The maximum atomic E-state index is 11.4. The van der Waals surface area contributed by atoms with Gasteiger partial charge in [-0.05, 0) is 24.7 Å². The minimum absolute atomic E-state index is 0. The Labute approximate surface area is 135 Å². The molecule has 2 aromatic rings. The van der Waals surface area contributed by atoms with Crippen molar-refractivity contribution >= 4 is 38.7 Å². The lowest BCUT2D eigenvalue weighted by Gasteiger charge is -2.15. The van der Waals surface area contributed by atoms with E-state index in [4.69, 9.17) is 5.73 Å². The number of thiazole rings is 1. The highest BCUT2D eigenvalue weighted by Gasteiger charge is 2.08. The molecule has 1 aromatic carbocycles. The number of aromatic nitrogens is 1. The summed E-state index contributed by atoms with van der Waals surface area (Å²) in [5.74, 6) is 0. The van der Waals surface area contributed by atoms with E-state index in [0.29, 0.717) is 10.0 Å². The summed E-state index contributed by atoms with van der Waals surface area (Å²) in [4.78, 5) is 7.60. The predicted molar refractivity (Wildman–Crippen MR) is 88.5 cm³/mol. The zero-order chi connectivity index (χ0) is 14.8. The van der Waals surface area contributed by atoms with Crippen LogP contribution in [0.4, 0.5) is 5.13 Å². The SMILES string of the molecule is CN(Cc1ccc(S(C)(=O)=O)cc1)Cc1cnc(N)s1.Cl. The Morgan fingerprint density at radius 2 is 1.86 bits per heavy atom. The first kappa shape index (κ1) is 17.9. The molecule has 0 saturated heterocycles. The van der Waals surface area contributed by atoms with Crippen LogP contribution in [0.25, 0.3) is 0 Å². The summed E-state index contributed by atoms with van der Waals surface area (Å²) in [5, 5.41) is 0.575. The minimum atomic E-state index is -3.13. The van der Waals surface area contributed by atoms with E-state index in [1.54, 1.807) is 18.3 Å². The van der Waals surface area contributed by atoms with E-state index in [1.165, 1.54) is 17.6 Å². The molecule has 1 aromatic heterocycles. The average Bonchev–Trinajstić information content (AvgIpc) is 2.74. The van der Waals surface area contributed by atoms with Crippen molar-refractivity contribution in [3.8, 4) is 0 Å². The Morgan fingerprint density at radius 1 is 1.24 bits per heavy atom. The van der Waals surface area contributed by atoms with Crippen LogP contribution in [0, 0.1) is 0 Å². The van der Waals surface area contributed by atoms with Gasteiger partial charge in [0.15, 0.2) is 15.0 Å². The molecular weight excluding hydrogens is 330 g/mol. The monoisotopic (exact) mass is 347 g/mol. The van der Waals surface area contributed by atoms with E-state index in [9.17, 15) is 8.42 Å². The number of hydrogen-bond acceptors (Lipinski definition) is 6. The van der Waals surface area contributed by atoms with Gasteiger partial charge >= 0.3 is 0 Å². The van der Waals surface area contributed by atoms with Crippen LogP contribution in [0.2, 0.25) is 0 Å². The number of benzene rings is 1. The van der Waals surface area contributed by atoms with Crippen LogP contribution in [0.1, 0.15) is 10.4 Å². The molecule has 21 heavy (non-hydrogen) atoms. The Balaban J connectivity index is 0.00000220. The molecule has 2 N–H and O–H groups in total. The third-order valence-electron chi connectivity index (χ3n) is 2.80. The molecule has 116 valence electrons. The topological polar surface area (TPSA) is 76.3 Å². The van der Waals surface area contributed by atoms with Gasteiger partial charge in [0.05, 0.1) is 4.90 Å². The van der Waals surface area contributed by atoms with Crippen molar-refractivity contribution in [1.82, 2.24) is 9.88 Å². The average molecular weight is 348 g/mol. The Morgan fingerprint density at radius 3 is 2.33 bits per heavy atom. The second-order valence-electron chi connectivity index (χ2n) is 4.75. The van der Waals surface area contributed by atoms with E-state index in [2.05, 4.69) is 9.88 Å². The summed E-state index contributed by atoms with van der Waals surface area (Å²) >= 11 is 1.48. The van der Waals surface area contributed by atoms with Crippen molar-refractivity contribution < 1.29 is 8.42 Å². The number of anilines is 1. The first-order valence-corrected chi connectivity index (χ1v) is 8.73. The molecule has 0 aliphatic heterocycles. The third-order valence-corrected chi connectivity index (χ3v) is 4.74. The van der Waals surface area contributed by atoms with E-state index in [1.807, 2.05) is 19.2 Å². The number of sulfone groups is 1. The third kappa shape index (κ3) is 5.28. The second kappa shape index (κ2) is 7.22. The van der Waals surface area contributed by atoms with Crippen molar-refractivity contribution in [2.45, 2.75) is 18.0 Å². The smallest absolute Gasteiger partial charge is 0.180 e. The van der Waals surface area contributed by atoms with Gasteiger partial charge in [0.25, 0.3) is 0 Å². The fraction of sp³-hybridized carbons (Fsp3) is 0.308. The Hall–Kier alpha value is -1.15. The predicted octanol–water partition coefficient (Wildman–Crippen LogP) is 2.18. The van der Waals surface area contributed by atoms with Crippen LogP contribution in [-0.4, -0.2) is 31.6 Å². The molecule has 5 nitrogen and oxygen atoms in total. The number of rotatable bonds is 5. The Kier molecular flexibility index (Phi) is 6.15. The molecule has 0 saturated carbocycles. The van der Waals surface area contributed by atoms with Crippen molar-refractivity contribution in [3.05, 3.63) is 40.9 Å². The number of nitrogens with two attached hydrogens (primary N) is 1. The summed E-state index contributed by atoms with van der Waals surface area (Å²) in [6.07, 6.45) is 2.99. The summed E-state index contributed by atoms with van der Waals surface area (Å²) in [6.45, 7) is 1.50. The largest absolute Gasteiger partial charge is 0.375 e. The molecule has 0 aliphatic carbocycles. The molecule has 0 amide bonds. The van der Waals surface area contributed by atoms with E-state index >= 15 is 0 Å². The highest BCUT2D eigenvalue weighted by molar-refractivity contribution is 7.90. The summed E-state index contributed by atoms with van der Waals surface area (Å²) in [7, 11) is -1.13. The van der Waals surface area contributed by atoms with Crippen LogP contribution in [-0.2, 0) is 22.9 Å². The number of halogens is 1. The standard InChI is InChI=1S/C13H17N3O2S2.ClH/c1-16(9-11-7-15-13(14)19-11)8-10-3-5-12(6-4-10)20(2,17)18;/h3-7H,8-9H2,1-2H3,(H2,14,15);1H. The molecule has 0 atom stereocenters. The van der Waals surface area contributed by atoms with E-state index in [-0.39, 0.29) is 12.4 Å². The first-order valence-electron chi connectivity index (χ1n) is 6.02. The van der Waals surface area contributed by atoms with Crippen LogP contribution in [0.3, 0.4) is 0 Å². The highest BCUT2D eigenvalue weighted by atomic mass is 35.5. The zero-order valence-electron chi connectivity index (χ0n) is 11.8. The van der Waals surface area contributed by atoms with Gasteiger partial charge < -0.3 is 5.73 Å². The van der Waals surface area contributed by atoms with E-state index in [0.717, 1.165) is 23.5 Å². The Bertz CT molecular complexity index is 684. The highest BCUT2D eigenvalue weighted by Crippen LogP contribution is 2.17. The summed E-state index contributed by atoms with van der Waals surface area (Å²) in [5.41, 5.74) is 6.66. The molecule has 2 rings (SSSR count). The quantitative estimate of drug-likeness (QED) is 0.897. The maximum absolute atomic E-state index is 11.4. The maximum Gasteiger partial charge on any atom is 0.180 e. The van der Waals surface area contributed by atoms with Gasteiger partial charge in [-0.25, -0.2) is 13.4 Å². The summed E-state index contributed by atoms with van der Waals surface area (Å²) in [6, 6.07) is 6.97. The van der Waals surface area contributed by atoms with Crippen LogP contribution >= 0.6 is 23.7 Å². The lowest BCUT2D eigenvalue weighted by atomic mass is 10.2. The van der Waals surface area contributed by atoms with Gasteiger partial charge in [0, 0.05) is 30.4 Å². The van der Waals surface area contributed by atoms with Gasteiger partial charge in [0.2, 0.25) is 0 Å². The minimum Gasteiger partial charge on any atom is -0.375 e. The molecule has 0 bridgehead atoms. The van der Waals surface area contributed by atoms with Gasteiger partial charge in [-0.15, -0.1) is 23.7 Å². The van der Waals surface area contributed by atoms with Crippen molar-refractivity contribution in [2.24, 2.45) is 0 Å². The fourth-order valence-corrected chi connectivity index (χ4v) is 3.27. The zero-order valence-corrected chi connectivity index (χ0v) is 14.3. The molecule has 0 spiro atoms. The van der Waals surface area contributed by atoms with Gasteiger partial charge in [-0.3, -0.25) is 4.90 Å². The van der Waals surface area contributed by atoms with Crippen molar-refractivity contribution in [3.63, 3.8) is 0 Å². The van der Waals surface area contributed by atoms with Crippen molar-refractivity contribution in [2.75, 3.05) is 19.0 Å². The molecular formula is C13H18ClN3O2S2. The molecule has 0 radical (unpaired) electrons. The van der Waals surface area contributed by atoms with Crippen LogP contribution in [0.15, 0.2) is 35.4 Å². The number of nitrogen functional groups attached to an aromatic ring is 1. The molecule has 1 heterocycles. The molecule has 8 heteroatoms. The molecule has 0 aliphatic rings. The van der Waals surface area contributed by atoms with Crippen LogP contribution < -0.4 is 5.73 Å². The lowest BCUT2D eigenvalue weighted by Crippen LogP contribution is -2.16. The summed E-state index contributed by atoms with van der Waals surface area (Å²) < 4.78 is 22.8. The molecule has 0 unspecified atom stereocenters. The van der Waals surface area contributed by atoms with Gasteiger partial charge in [-0.1, -0.05) is 12.1 Å². The van der Waals surface area contributed by atoms with Crippen molar-refractivity contribution in [1.29, 1.82) is 0 Å². The van der Waals surface area contributed by atoms with Crippen LogP contribution in [0.5, 0.6) is 0 Å². The second-order valence-corrected chi connectivity index (χ2v) is 7.92. The fourth-order valence-electron chi connectivity index (χ4n) is 1.87. The number of nitrogens with zero attached hydrogens (tertiary/aromatic N) is 2. The number of hydrogen-bond donors (Lipinski definition) is 1. The van der Waals surface area contributed by atoms with Gasteiger partial charge in [-0.2, -0.15) is 0 Å². The lowest BCUT2D eigenvalue weighted by molar-refractivity contribution is 0.321. The first-order chi connectivity index (χ1) is 9.34. The van der Waals surface area contributed by atoms with Gasteiger partial charge in [0.1, 0.15) is 0 Å².